The van der Waals surface area contributed by atoms with Gasteiger partial charge >= 0.3 is 0 Å². The highest BCUT2D eigenvalue weighted by Gasteiger charge is 2.22. The molecule has 0 fully saturated rings. The zero-order valence-electron chi connectivity index (χ0n) is 12.3. The van der Waals surface area contributed by atoms with Crippen LogP contribution in [-0.2, 0) is 0 Å². The van der Waals surface area contributed by atoms with E-state index in [4.69, 9.17) is 11.6 Å². The van der Waals surface area contributed by atoms with Crippen LogP contribution in [0.5, 0.6) is 0 Å². The number of aliphatic hydroxyl groups is 1. The van der Waals surface area contributed by atoms with Crippen LogP contribution in [0.2, 0.25) is 5.15 Å². The molecule has 1 atom stereocenters. The summed E-state index contributed by atoms with van der Waals surface area (Å²) in [6, 6.07) is 14.3. The fourth-order valence-corrected chi connectivity index (χ4v) is 4.30. The van der Waals surface area contributed by atoms with Crippen molar-refractivity contribution in [3.63, 3.8) is 0 Å². The number of benzene rings is 2. The Balaban J connectivity index is 2.17. The summed E-state index contributed by atoms with van der Waals surface area (Å²) in [6.07, 6.45) is 0.860. The number of hydrogen-bond donors (Lipinski definition) is 1. The van der Waals surface area contributed by atoms with Gasteiger partial charge in [-0.05, 0) is 23.3 Å². The van der Waals surface area contributed by atoms with Gasteiger partial charge in [0.1, 0.15) is 16.3 Å². The molecule has 1 unspecified atom stereocenters. The molecule has 0 amide bonds. The Hall–Kier alpha value is -2.01. The largest absolute Gasteiger partial charge is 0.388 e. The molecule has 0 saturated heterocycles. The lowest BCUT2D eigenvalue weighted by molar-refractivity contribution is 0.204. The summed E-state index contributed by atoms with van der Waals surface area (Å²) in [4.78, 5) is 10.1. The Morgan fingerprint density at radius 2 is 1.87 bits per heavy atom. The molecule has 114 valence electrons. The second kappa shape index (κ2) is 5.57. The molecule has 0 radical (unpaired) electrons. The van der Waals surface area contributed by atoms with E-state index in [0.29, 0.717) is 5.15 Å². The van der Waals surface area contributed by atoms with Gasteiger partial charge in [-0.1, -0.05) is 54.1 Å². The highest BCUT2D eigenvalue weighted by molar-refractivity contribution is 7.19. The zero-order valence-corrected chi connectivity index (χ0v) is 13.9. The SMILES string of the molecule is CC(O)c1sc2ncnc(Cl)c2c1-c1cccc2ccccc12. The third-order valence-corrected chi connectivity index (χ3v) is 5.46. The van der Waals surface area contributed by atoms with E-state index in [-0.39, 0.29) is 0 Å². The Kier molecular flexibility index (Phi) is 3.53. The van der Waals surface area contributed by atoms with Crippen LogP contribution in [0.15, 0.2) is 48.8 Å². The number of halogens is 1. The lowest BCUT2D eigenvalue weighted by Crippen LogP contribution is -1.91. The number of thiophene rings is 1. The molecule has 2 aromatic carbocycles. The van der Waals surface area contributed by atoms with Crippen LogP contribution in [0.1, 0.15) is 17.9 Å². The minimum Gasteiger partial charge on any atom is -0.388 e. The number of hydrogen-bond acceptors (Lipinski definition) is 4. The summed E-state index contributed by atoms with van der Waals surface area (Å²) in [6.45, 7) is 1.76. The third kappa shape index (κ3) is 2.30. The van der Waals surface area contributed by atoms with Gasteiger partial charge in [0.25, 0.3) is 0 Å². The van der Waals surface area contributed by atoms with E-state index in [1.165, 1.54) is 17.7 Å². The van der Waals surface area contributed by atoms with Crippen LogP contribution in [0, 0.1) is 0 Å². The minimum atomic E-state index is -0.598. The number of rotatable bonds is 2. The molecule has 0 aliphatic carbocycles. The van der Waals surface area contributed by atoms with Crippen molar-refractivity contribution < 1.29 is 5.11 Å². The van der Waals surface area contributed by atoms with Crippen molar-refractivity contribution in [3.05, 3.63) is 58.8 Å². The van der Waals surface area contributed by atoms with Crippen molar-refractivity contribution in [1.82, 2.24) is 9.97 Å². The maximum absolute atomic E-state index is 10.2. The molecular formula is C18H13ClN2OS. The van der Waals surface area contributed by atoms with E-state index in [1.54, 1.807) is 6.92 Å². The molecule has 2 heterocycles. The molecule has 0 saturated carbocycles. The van der Waals surface area contributed by atoms with Gasteiger partial charge in [-0.3, -0.25) is 0 Å². The lowest BCUT2D eigenvalue weighted by atomic mass is 9.96. The summed E-state index contributed by atoms with van der Waals surface area (Å²) < 4.78 is 0. The molecule has 0 aliphatic rings. The predicted molar refractivity (Wildman–Crippen MR) is 96.0 cm³/mol. The first-order chi connectivity index (χ1) is 11.2. The first kappa shape index (κ1) is 14.6. The number of nitrogens with zero attached hydrogens (tertiary/aromatic N) is 2. The predicted octanol–water partition coefficient (Wildman–Crippen LogP) is 5.22. The van der Waals surface area contributed by atoms with Crippen molar-refractivity contribution in [3.8, 4) is 11.1 Å². The zero-order chi connectivity index (χ0) is 16.0. The minimum absolute atomic E-state index is 0.418. The lowest BCUT2D eigenvalue weighted by Gasteiger charge is -2.10. The molecule has 23 heavy (non-hydrogen) atoms. The van der Waals surface area contributed by atoms with Gasteiger partial charge < -0.3 is 5.11 Å². The van der Waals surface area contributed by atoms with Gasteiger partial charge in [0.2, 0.25) is 0 Å². The molecule has 3 nitrogen and oxygen atoms in total. The molecule has 4 aromatic rings. The van der Waals surface area contributed by atoms with Gasteiger partial charge in [0.05, 0.1) is 11.5 Å². The summed E-state index contributed by atoms with van der Waals surface area (Å²) in [5.74, 6) is 0. The van der Waals surface area contributed by atoms with Crippen molar-refractivity contribution in [2.75, 3.05) is 0 Å². The average Bonchev–Trinajstić information content (AvgIpc) is 2.95. The number of aliphatic hydroxyl groups excluding tert-OH is 1. The molecule has 0 bridgehead atoms. The Bertz CT molecular complexity index is 1020. The van der Waals surface area contributed by atoms with Gasteiger partial charge in [0.15, 0.2) is 0 Å². The number of aromatic nitrogens is 2. The molecule has 0 aliphatic heterocycles. The van der Waals surface area contributed by atoms with Crippen LogP contribution >= 0.6 is 22.9 Å². The second-order valence-electron chi connectivity index (χ2n) is 5.39. The quantitative estimate of drug-likeness (QED) is 0.509. The summed E-state index contributed by atoms with van der Waals surface area (Å²) in [5.41, 5.74) is 1.98. The fraction of sp³-hybridized carbons (Fsp3) is 0.111. The van der Waals surface area contributed by atoms with E-state index in [2.05, 4.69) is 34.2 Å². The van der Waals surface area contributed by atoms with E-state index >= 15 is 0 Å². The van der Waals surface area contributed by atoms with Crippen LogP contribution in [0.25, 0.3) is 32.1 Å². The Morgan fingerprint density at radius 1 is 1.09 bits per heavy atom. The normalized spacial score (nSPS) is 12.8. The van der Waals surface area contributed by atoms with E-state index in [0.717, 1.165) is 37.0 Å². The maximum atomic E-state index is 10.2. The molecule has 0 spiro atoms. The van der Waals surface area contributed by atoms with Gasteiger partial charge in [-0.2, -0.15) is 0 Å². The van der Waals surface area contributed by atoms with Crippen molar-refractivity contribution >= 4 is 43.9 Å². The third-order valence-electron chi connectivity index (χ3n) is 3.91. The van der Waals surface area contributed by atoms with Crippen LogP contribution < -0.4 is 0 Å². The Morgan fingerprint density at radius 3 is 2.70 bits per heavy atom. The summed E-state index contributed by atoms with van der Waals surface area (Å²) in [7, 11) is 0. The first-order valence-electron chi connectivity index (χ1n) is 7.26. The van der Waals surface area contributed by atoms with E-state index in [1.807, 2.05) is 18.2 Å². The van der Waals surface area contributed by atoms with Crippen molar-refractivity contribution in [1.29, 1.82) is 0 Å². The summed E-state index contributed by atoms with van der Waals surface area (Å²) >= 11 is 7.82. The van der Waals surface area contributed by atoms with Gasteiger partial charge in [-0.25, -0.2) is 9.97 Å². The maximum Gasteiger partial charge on any atom is 0.141 e. The van der Waals surface area contributed by atoms with Crippen molar-refractivity contribution in [2.45, 2.75) is 13.0 Å². The first-order valence-corrected chi connectivity index (χ1v) is 8.45. The highest BCUT2D eigenvalue weighted by atomic mass is 35.5. The smallest absolute Gasteiger partial charge is 0.141 e. The van der Waals surface area contributed by atoms with Gasteiger partial charge in [-0.15, -0.1) is 11.3 Å². The summed E-state index contributed by atoms with van der Waals surface area (Å²) in [5, 5.41) is 13.7. The highest BCUT2D eigenvalue weighted by Crippen LogP contribution is 2.45. The number of fused-ring (bicyclic) bond motifs is 2. The molecule has 5 heteroatoms. The molecule has 1 N–H and O–H groups in total. The van der Waals surface area contributed by atoms with E-state index in [9.17, 15) is 5.11 Å². The topological polar surface area (TPSA) is 46.0 Å². The molecule has 4 rings (SSSR count). The second-order valence-corrected chi connectivity index (χ2v) is 6.78. The van der Waals surface area contributed by atoms with Crippen molar-refractivity contribution in [2.24, 2.45) is 0 Å². The Labute approximate surface area is 142 Å². The molecule has 2 aromatic heterocycles. The van der Waals surface area contributed by atoms with E-state index < -0.39 is 6.10 Å². The molecular weight excluding hydrogens is 328 g/mol. The van der Waals surface area contributed by atoms with Crippen LogP contribution in [0.3, 0.4) is 0 Å². The van der Waals surface area contributed by atoms with Crippen LogP contribution in [-0.4, -0.2) is 15.1 Å². The van der Waals surface area contributed by atoms with Gasteiger partial charge in [0, 0.05) is 10.4 Å². The van der Waals surface area contributed by atoms with Crippen LogP contribution in [0.4, 0.5) is 0 Å². The standard InChI is InChI=1S/C18H13ClN2OS/c1-10(22)16-14(15-17(19)20-9-21-18(15)23-16)13-8-4-6-11-5-2-3-7-12(11)13/h2-10,22H,1H3. The monoisotopic (exact) mass is 340 g/mol. The average molecular weight is 341 g/mol. The fourth-order valence-electron chi connectivity index (χ4n) is 2.92.